The summed E-state index contributed by atoms with van der Waals surface area (Å²) in [6, 6.07) is -0.279. The summed E-state index contributed by atoms with van der Waals surface area (Å²) < 4.78 is 28.2. The van der Waals surface area contributed by atoms with Crippen LogP contribution in [0.25, 0.3) is 0 Å². The Hall–Kier alpha value is -0.990. The first-order valence-corrected chi connectivity index (χ1v) is 9.37. The molecule has 1 aromatic heterocycles. The highest BCUT2D eigenvalue weighted by Crippen LogP contribution is 2.28. The molecule has 118 valence electrons. The lowest BCUT2D eigenvalue weighted by Gasteiger charge is -2.27. The van der Waals surface area contributed by atoms with E-state index in [1.54, 1.807) is 0 Å². The van der Waals surface area contributed by atoms with Gasteiger partial charge in [0.2, 0.25) is 5.89 Å². The van der Waals surface area contributed by atoms with Crippen molar-refractivity contribution >= 4 is 9.84 Å². The summed E-state index contributed by atoms with van der Waals surface area (Å²) in [6.07, 6.45) is 4.27. The predicted octanol–water partition coefficient (Wildman–Crippen LogP) is 0.457. The van der Waals surface area contributed by atoms with Crippen molar-refractivity contribution in [3.05, 3.63) is 11.7 Å². The smallest absolute Gasteiger partial charge is 0.230 e. The topological polar surface area (TPSA) is 102 Å². The summed E-state index contributed by atoms with van der Waals surface area (Å²) >= 11 is 0. The van der Waals surface area contributed by atoms with E-state index in [0.29, 0.717) is 18.1 Å². The zero-order valence-corrected chi connectivity index (χ0v) is 12.9. The predicted molar refractivity (Wildman–Crippen MR) is 77.5 cm³/mol. The molecule has 0 spiro atoms. The van der Waals surface area contributed by atoms with Crippen LogP contribution in [0.15, 0.2) is 4.52 Å². The van der Waals surface area contributed by atoms with Crippen LogP contribution in [-0.2, 0) is 9.84 Å². The van der Waals surface area contributed by atoms with E-state index in [2.05, 4.69) is 15.0 Å². The summed E-state index contributed by atoms with van der Waals surface area (Å²) in [6.45, 7) is 2.86. The van der Waals surface area contributed by atoms with E-state index >= 15 is 0 Å². The minimum atomic E-state index is -2.94. The highest BCUT2D eigenvalue weighted by atomic mass is 32.2. The van der Waals surface area contributed by atoms with E-state index in [1.807, 2.05) is 0 Å². The van der Waals surface area contributed by atoms with Crippen molar-refractivity contribution in [3.8, 4) is 0 Å². The molecular weight excluding hydrogens is 292 g/mol. The Labute approximate surface area is 124 Å². The Kier molecular flexibility index (Phi) is 4.28. The van der Waals surface area contributed by atoms with E-state index in [4.69, 9.17) is 10.3 Å². The second-order valence-electron chi connectivity index (χ2n) is 6.06. The number of nitrogens with two attached hydrogens (primary N) is 1. The van der Waals surface area contributed by atoms with Crippen molar-refractivity contribution in [3.63, 3.8) is 0 Å². The van der Waals surface area contributed by atoms with Gasteiger partial charge in [0, 0.05) is 6.54 Å². The number of rotatable bonds is 4. The van der Waals surface area contributed by atoms with Crippen molar-refractivity contribution in [2.75, 3.05) is 31.1 Å². The van der Waals surface area contributed by atoms with Gasteiger partial charge in [-0.15, -0.1) is 0 Å². The molecule has 8 heteroatoms. The third kappa shape index (κ3) is 3.61. The van der Waals surface area contributed by atoms with Gasteiger partial charge >= 0.3 is 0 Å². The summed E-state index contributed by atoms with van der Waals surface area (Å²) in [7, 11) is -2.94. The number of hydrogen-bond donors (Lipinski definition) is 1. The maximum absolute atomic E-state index is 11.5. The molecule has 2 aliphatic rings. The third-order valence-electron chi connectivity index (χ3n) is 4.27. The highest BCUT2D eigenvalue weighted by molar-refractivity contribution is 7.91. The number of aromatic nitrogens is 2. The lowest BCUT2D eigenvalue weighted by molar-refractivity contribution is 0.213. The van der Waals surface area contributed by atoms with Gasteiger partial charge in [0.25, 0.3) is 0 Å². The molecule has 0 bridgehead atoms. The van der Waals surface area contributed by atoms with Crippen LogP contribution in [0.2, 0.25) is 0 Å². The number of likely N-dealkylation sites (tertiary alicyclic amines) is 1. The van der Waals surface area contributed by atoms with Gasteiger partial charge in [-0.25, -0.2) is 8.42 Å². The van der Waals surface area contributed by atoms with Crippen LogP contribution in [-0.4, -0.2) is 54.6 Å². The summed E-state index contributed by atoms with van der Waals surface area (Å²) in [4.78, 5) is 6.65. The van der Waals surface area contributed by atoms with Gasteiger partial charge in [-0.2, -0.15) is 4.98 Å². The van der Waals surface area contributed by atoms with E-state index < -0.39 is 9.84 Å². The van der Waals surface area contributed by atoms with E-state index in [-0.39, 0.29) is 23.5 Å². The molecule has 1 aromatic rings. The molecule has 21 heavy (non-hydrogen) atoms. The number of sulfone groups is 1. The van der Waals surface area contributed by atoms with E-state index in [1.165, 1.54) is 19.3 Å². The molecule has 2 saturated heterocycles. The van der Waals surface area contributed by atoms with Gasteiger partial charge in [-0.3, -0.25) is 0 Å². The Morgan fingerprint density at radius 1 is 1.33 bits per heavy atom. The van der Waals surface area contributed by atoms with Crippen molar-refractivity contribution in [1.82, 2.24) is 15.0 Å². The maximum Gasteiger partial charge on any atom is 0.230 e. The molecule has 0 radical (unpaired) electrons. The lowest BCUT2D eigenvalue weighted by Crippen LogP contribution is -2.36. The molecule has 3 heterocycles. The Morgan fingerprint density at radius 2 is 2.10 bits per heavy atom. The molecule has 2 fully saturated rings. The van der Waals surface area contributed by atoms with Gasteiger partial charge in [0.15, 0.2) is 15.7 Å². The minimum absolute atomic E-state index is 0.107. The minimum Gasteiger partial charge on any atom is -0.339 e. The van der Waals surface area contributed by atoms with E-state index in [0.717, 1.165) is 19.6 Å². The summed E-state index contributed by atoms with van der Waals surface area (Å²) in [5.41, 5.74) is 6.15. The first-order chi connectivity index (χ1) is 10.0. The zero-order chi connectivity index (χ0) is 14.9. The van der Waals surface area contributed by atoms with Gasteiger partial charge < -0.3 is 15.2 Å². The normalized spacial score (nSPS) is 27.8. The molecule has 0 amide bonds. The van der Waals surface area contributed by atoms with Gasteiger partial charge in [0.1, 0.15) is 0 Å². The molecular formula is C13H22N4O3S. The van der Waals surface area contributed by atoms with Gasteiger partial charge in [0.05, 0.1) is 23.5 Å². The average molecular weight is 314 g/mol. The van der Waals surface area contributed by atoms with Crippen LogP contribution >= 0.6 is 0 Å². The lowest BCUT2D eigenvalue weighted by atomic mass is 10.1. The molecule has 2 unspecified atom stereocenters. The second kappa shape index (κ2) is 6.02. The highest BCUT2D eigenvalue weighted by Gasteiger charge is 2.33. The van der Waals surface area contributed by atoms with Gasteiger partial charge in [-0.1, -0.05) is 11.6 Å². The second-order valence-corrected chi connectivity index (χ2v) is 8.29. The summed E-state index contributed by atoms with van der Waals surface area (Å²) in [5.74, 6) is 1.05. The Balaban J connectivity index is 1.61. The fourth-order valence-electron chi connectivity index (χ4n) is 3.06. The molecule has 0 aromatic carbocycles. The molecule has 0 saturated carbocycles. The number of hydrogen-bond acceptors (Lipinski definition) is 7. The third-order valence-corrected chi connectivity index (χ3v) is 6.04. The van der Waals surface area contributed by atoms with Crippen molar-refractivity contribution in [2.45, 2.75) is 37.6 Å². The Morgan fingerprint density at radius 3 is 2.76 bits per heavy atom. The standard InChI is InChI=1S/C13H22N4O3S/c14-11(8-17-5-2-1-3-6-17)12-15-13(20-16-12)10-4-7-21(18,19)9-10/h10-11H,1-9,14H2. The molecule has 2 N–H and O–H groups in total. The molecule has 7 nitrogen and oxygen atoms in total. The first kappa shape index (κ1) is 14.9. The monoisotopic (exact) mass is 314 g/mol. The van der Waals surface area contributed by atoms with Crippen molar-refractivity contribution in [1.29, 1.82) is 0 Å². The zero-order valence-electron chi connectivity index (χ0n) is 12.1. The van der Waals surface area contributed by atoms with Crippen LogP contribution < -0.4 is 5.73 Å². The van der Waals surface area contributed by atoms with Crippen LogP contribution in [0.5, 0.6) is 0 Å². The Bertz CT molecular complexity index is 580. The van der Waals surface area contributed by atoms with Crippen LogP contribution in [0, 0.1) is 0 Å². The molecule has 0 aliphatic carbocycles. The molecule has 2 aliphatic heterocycles. The number of nitrogens with zero attached hydrogens (tertiary/aromatic N) is 3. The summed E-state index contributed by atoms with van der Waals surface area (Å²) in [5, 5.41) is 3.94. The quantitative estimate of drug-likeness (QED) is 0.861. The molecule has 2 atom stereocenters. The molecule has 3 rings (SSSR count). The van der Waals surface area contributed by atoms with E-state index in [9.17, 15) is 8.42 Å². The fraction of sp³-hybridized carbons (Fsp3) is 0.846. The average Bonchev–Trinajstić information content (AvgIpc) is 3.06. The van der Waals surface area contributed by atoms with Crippen LogP contribution in [0.3, 0.4) is 0 Å². The SMILES string of the molecule is NC(CN1CCCCC1)c1noc(C2CCS(=O)(=O)C2)n1. The van der Waals surface area contributed by atoms with Crippen molar-refractivity contribution < 1.29 is 12.9 Å². The largest absolute Gasteiger partial charge is 0.339 e. The number of piperidine rings is 1. The van der Waals surface area contributed by atoms with Crippen LogP contribution in [0.4, 0.5) is 0 Å². The van der Waals surface area contributed by atoms with Gasteiger partial charge in [-0.05, 0) is 32.4 Å². The van der Waals surface area contributed by atoms with Crippen LogP contribution in [0.1, 0.15) is 49.4 Å². The fourth-order valence-corrected chi connectivity index (χ4v) is 4.79. The van der Waals surface area contributed by atoms with Crippen molar-refractivity contribution in [2.24, 2.45) is 5.73 Å². The first-order valence-electron chi connectivity index (χ1n) is 7.55. The maximum atomic E-state index is 11.5.